The second-order valence-corrected chi connectivity index (χ2v) is 8.16. The van der Waals surface area contributed by atoms with Crippen LogP contribution >= 0.6 is 23.7 Å². The quantitative estimate of drug-likeness (QED) is 0.489. The van der Waals surface area contributed by atoms with Crippen molar-refractivity contribution in [1.82, 2.24) is 14.7 Å². The number of nitrogens with zero attached hydrogens (tertiary/aromatic N) is 2. The van der Waals surface area contributed by atoms with Crippen LogP contribution in [0.3, 0.4) is 0 Å². The summed E-state index contributed by atoms with van der Waals surface area (Å²) in [4.78, 5) is 17.0. The Labute approximate surface area is 182 Å². The summed E-state index contributed by atoms with van der Waals surface area (Å²) in [6.45, 7) is 0.972. The molecule has 156 valence electrons. The Morgan fingerprint density at radius 1 is 1.37 bits per heavy atom. The second-order valence-electron chi connectivity index (χ2n) is 7.15. The Kier molecular flexibility index (Phi) is 5.40. The third kappa shape index (κ3) is 3.30. The fraction of sp³-hybridized carbons (Fsp3) is 0.238. The van der Waals surface area contributed by atoms with E-state index in [0.29, 0.717) is 27.5 Å². The van der Waals surface area contributed by atoms with Gasteiger partial charge in [0.2, 0.25) is 0 Å². The fourth-order valence-corrected chi connectivity index (χ4v) is 4.97. The van der Waals surface area contributed by atoms with E-state index in [-0.39, 0.29) is 24.3 Å². The number of nitrogens with two attached hydrogens (primary N) is 1. The van der Waals surface area contributed by atoms with Gasteiger partial charge in [-0.15, -0.1) is 12.4 Å². The molecule has 0 aliphatic carbocycles. The van der Waals surface area contributed by atoms with Gasteiger partial charge < -0.3 is 15.8 Å². The lowest BCUT2D eigenvalue weighted by Crippen LogP contribution is -2.12. The van der Waals surface area contributed by atoms with Crippen LogP contribution < -0.4 is 15.8 Å². The third-order valence-electron chi connectivity index (χ3n) is 5.41. The molecule has 9 heteroatoms. The van der Waals surface area contributed by atoms with Crippen LogP contribution in [0.4, 0.5) is 4.39 Å². The number of amides is 1. The van der Waals surface area contributed by atoms with Gasteiger partial charge >= 0.3 is 0 Å². The molecule has 6 nitrogen and oxygen atoms in total. The van der Waals surface area contributed by atoms with E-state index in [4.69, 9.17) is 10.5 Å². The van der Waals surface area contributed by atoms with Crippen molar-refractivity contribution in [3.63, 3.8) is 0 Å². The lowest BCUT2D eigenvalue weighted by molar-refractivity contribution is 0.0997. The molecular formula is C21H20ClFN4O2S. The maximum absolute atomic E-state index is 14.9. The maximum Gasteiger partial charge on any atom is 0.252 e. The number of nitrogens with one attached hydrogen (secondary N) is 1. The molecule has 3 heterocycles. The Morgan fingerprint density at radius 2 is 2.20 bits per heavy atom. The van der Waals surface area contributed by atoms with Crippen molar-refractivity contribution >= 4 is 44.8 Å². The Hall–Kier alpha value is -2.68. The Morgan fingerprint density at radius 3 is 2.87 bits per heavy atom. The molecular weight excluding hydrogens is 427 g/mol. The molecule has 1 atom stereocenters. The lowest BCUT2D eigenvalue weighted by Gasteiger charge is -2.11. The van der Waals surface area contributed by atoms with E-state index in [0.717, 1.165) is 35.2 Å². The van der Waals surface area contributed by atoms with Crippen LogP contribution in [-0.2, 0) is 0 Å². The highest BCUT2D eigenvalue weighted by atomic mass is 35.5. The number of rotatable bonds is 4. The van der Waals surface area contributed by atoms with E-state index < -0.39 is 5.91 Å². The van der Waals surface area contributed by atoms with Crippen molar-refractivity contribution in [3.05, 3.63) is 53.5 Å². The van der Waals surface area contributed by atoms with Gasteiger partial charge in [-0.05, 0) is 43.1 Å². The molecule has 5 rings (SSSR count). The molecule has 0 saturated carbocycles. The minimum Gasteiger partial charge on any atom is -0.496 e. The number of halogens is 2. The second kappa shape index (κ2) is 7.86. The number of hydrogen-bond acceptors (Lipinski definition) is 5. The van der Waals surface area contributed by atoms with E-state index in [2.05, 4.69) is 10.3 Å². The molecule has 1 aliphatic heterocycles. The molecule has 0 radical (unpaired) electrons. The van der Waals surface area contributed by atoms with Gasteiger partial charge in [-0.2, -0.15) is 0 Å². The van der Waals surface area contributed by atoms with Gasteiger partial charge in [0.25, 0.3) is 5.91 Å². The van der Waals surface area contributed by atoms with Crippen molar-refractivity contribution in [3.8, 4) is 17.0 Å². The number of imidazole rings is 1. The molecule has 3 N–H and O–H groups in total. The number of carbonyl (C=O) groups excluding carboxylic acids is 1. The standard InChI is InChI=1S/C21H19FN4O2S.ClH/c1-28-18-9-17-19(8-13(18)20(23)27)29-21-25-16(10-26(17)21)12-5-4-11(7-14(12)22)15-3-2-6-24-15;/h4-5,7-10,15,24H,2-3,6H2,1H3,(H2,23,27);1H. The van der Waals surface area contributed by atoms with Gasteiger partial charge in [-0.1, -0.05) is 17.4 Å². The largest absolute Gasteiger partial charge is 0.496 e. The topological polar surface area (TPSA) is 81.7 Å². The van der Waals surface area contributed by atoms with Crippen molar-refractivity contribution < 1.29 is 13.9 Å². The van der Waals surface area contributed by atoms with Crippen molar-refractivity contribution in [2.75, 3.05) is 13.7 Å². The number of aromatic nitrogens is 2. The number of fused-ring (bicyclic) bond motifs is 3. The van der Waals surface area contributed by atoms with Crippen molar-refractivity contribution in [2.24, 2.45) is 5.73 Å². The molecule has 30 heavy (non-hydrogen) atoms. The van der Waals surface area contributed by atoms with Crippen molar-refractivity contribution in [1.29, 1.82) is 0 Å². The summed E-state index contributed by atoms with van der Waals surface area (Å²) in [5, 5.41) is 3.39. The van der Waals surface area contributed by atoms with Gasteiger partial charge in [0.05, 0.1) is 28.6 Å². The molecule has 1 saturated heterocycles. The van der Waals surface area contributed by atoms with E-state index in [1.54, 1.807) is 24.3 Å². The molecule has 1 fully saturated rings. The van der Waals surface area contributed by atoms with Crippen LogP contribution in [0.25, 0.3) is 26.4 Å². The summed E-state index contributed by atoms with van der Waals surface area (Å²) in [5.74, 6) is -0.422. The number of hydrogen-bond donors (Lipinski definition) is 2. The van der Waals surface area contributed by atoms with Crippen LogP contribution in [0.1, 0.15) is 34.8 Å². The first-order valence-electron chi connectivity index (χ1n) is 9.38. The lowest BCUT2D eigenvalue weighted by atomic mass is 10.0. The maximum atomic E-state index is 14.9. The number of methoxy groups -OCH3 is 1. The number of carbonyl (C=O) groups is 1. The van der Waals surface area contributed by atoms with Crippen molar-refractivity contribution in [2.45, 2.75) is 18.9 Å². The van der Waals surface area contributed by atoms with Gasteiger partial charge in [0, 0.05) is 23.9 Å². The fourth-order valence-electron chi connectivity index (χ4n) is 3.94. The zero-order valence-electron chi connectivity index (χ0n) is 16.1. The third-order valence-corrected chi connectivity index (χ3v) is 6.43. The summed E-state index contributed by atoms with van der Waals surface area (Å²) in [7, 11) is 1.49. The van der Waals surface area contributed by atoms with Crippen LogP contribution in [0.15, 0.2) is 36.5 Å². The predicted molar refractivity (Wildman–Crippen MR) is 118 cm³/mol. The van der Waals surface area contributed by atoms with Gasteiger partial charge in [-0.25, -0.2) is 9.37 Å². The number of primary amides is 1. The summed E-state index contributed by atoms with van der Waals surface area (Å²) in [6, 6.07) is 9.06. The van der Waals surface area contributed by atoms with Crippen LogP contribution in [0.5, 0.6) is 5.75 Å². The Balaban J connectivity index is 0.00000218. The molecule has 4 aromatic rings. The SMILES string of the molecule is COc1cc2c(cc1C(N)=O)sc1nc(-c3ccc(C4CCCN4)cc3F)cn12.Cl. The van der Waals surface area contributed by atoms with Gasteiger partial charge in [0.1, 0.15) is 11.6 Å². The molecule has 2 aromatic heterocycles. The monoisotopic (exact) mass is 446 g/mol. The molecule has 1 unspecified atom stereocenters. The first-order valence-corrected chi connectivity index (χ1v) is 10.2. The molecule has 2 aromatic carbocycles. The average molecular weight is 447 g/mol. The molecule has 0 bridgehead atoms. The summed E-state index contributed by atoms with van der Waals surface area (Å²) >= 11 is 1.41. The smallest absolute Gasteiger partial charge is 0.252 e. The van der Waals surface area contributed by atoms with Gasteiger partial charge in [-0.3, -0.25) is 9.20 Å². The van der Waals surface area contributed by atoms with Crippen LogP contribution in [0, 0.1) is 5.82 Å². The van der Waals surface area contributed by atoms with Gasteiger partial charge in [0.15, 0.2) is 4.96 Å². The summed E-state index contributed by atoms with van der Waals surface area (Å²) in [5.41, 5.74) is 8.61. The highest BCUT2D eigenvalue weighted by molar-refractivity contribution is 7.23. The first-order chi connectivity index (χ1) is 14.0. The molecule has 0 spiro atoms. The minimum absolute atomic E-state index is 0. The highest BCUT2D eigenvalue weighted by Crippen LogP contribution is 2.35. The van der Waals surface area contributed by atoms with E-state index in [1.165, 1.54) is 18.4 Å². The number of ether oxygens (including phenoxy) is 1. The summed E-state index contributed by atoms with van der Waals surface area (Å²) < 4.78 is 22.9. The number of thiazole rings is 1. The first kappa shape index (κ1) is 20.6. The minimum atomic E-state index is -0.547. The average Bonchev–Trinajstić information content (AvgIpc) is 3.43. The van der Waals surface area contributed by atoms with E-state index >= 15 is 0 Å². The highest BCUT2D eigenvalue weighted by Gasteiger charge is 2.20. The summed E-state index contributed by atoms with van der Waals surface area (Å²) in [6.07, 6.45) is 3.95. The number of benzene rings is 2. The van der Waals surface area contributed by atoms with Crippen LogP contribution in [-0.4, -0.2) is 28.9 Å². The zero-order chi connectivity index (χ0) is 20.1. The molecule has 1 aliphatic rings. The van der Waals surface area contributed by atoms with E-state index in [1.807, 2.05) is 16.7 Å². The predicted octanol–water partition coefficient (Wildman–Crippen LogP) is 4.31. The Bertz CT molecular complexity index is 1260. The normalized spacial score (nSPS) is 16.1. The molecule has 1 amide bonds. The van der Waals surface area contributed by atoms with Crippen LogP contribution in [0.2, 0.25) is 0 Å². The van der Waals surface area contributed by atoms with E-state index in [9.17, 15) is 9.18 Å². The zero-order valence-corrected chi connectivity index (χ0v) is 17.8.